The highest BCUT2D eigenvalue weighted by atomic mass is 16.6. The molecule has 3 rings (SSSR count). The van der Waals surface area contributed by atoms with E-state index >= 15 is 0 Å². The molecule has 8 nitrogen and oxygen atoms in total. The number of nitrogens with zero attached hydrogens (tertiary/aromatic N) is 1. The van der Waals surface area contributed by atoms with Gasteiger partial charge in [-0.1, -0.05) is 49.6 Å². The largest absolute Gasteiger partial charge is 0.444 e. The van der Waals surface area contributed by atoms with Gasteiger partial charge in [-0.15, -0.1) is 0 Å². The zero-order chi connectivity index (χ0) is 24.7. The second-order valence-electron chi connectivity index (χ2n) is 10.3. The monoisotopic (exact) mass is 471 g/mol. The quantitative estimate of drug-likeness (QED) is 0.595. The number of carbonyl (C=O) groups is 4. The number of hydrogen-bond acceptors (Lipinski definition) is 5. The van der Waals surface area contributed by atoms with Crippen LogP contribution in [0.25, 0.3) is 0 Å². The van der Waals surface area contributed by atoms with Gasteiger partial charge in [-0.3, -0.25) is 14.4 Å². The lowest BCUT2D eigenvalue weighted by molar-refractivity contribution is -0.145. The van der Waals surface area contributed by atoms with Crippen LogP contribution in [0.3, 0.4) is 0 Å². The number of alkyl carbamates (subject to hydrolysis) is 1. The first-order valence-electron chi connectivity index (χ1n) is 12.3. The summed E-state index contributed by atoms with van der Waals surface area (Å²) in [5, 5.41) is 5.55. The fourth-order valence-corrected chi connectivity index (χ4v) is 4.66. The minimum atomic E-state index is -0.910. The van der Waals surface area contributed by atoms with Crippen molar-refractivity contribution in [2.75, 3.05) is 6.54 Å². The van der Waals surface area contributed by atoms with Crippen LogP contribution in [0.15, 0.2) is 30.3 Å². The van der Waals surface area contributed by atoms with Crippen molar-refractivity contribution in [1.82, 2.24) is 15.5 Å². The number of Topliss-reactive ketones (excluding diaryl/α,β-unsaturated/α-hetero) is 1. The molecule has 2 aliphatic rings. The van der Waals surface area contributed by atoms with Crippen LogP contribution in [-0.2, 0) is 25.5 Å². The summed E-state index contributed by atoms with van der Waals surface area (Å²) in [5.41, 5.74) is 0.155. The molecule has 3 amide bonds. The number of ketones is 1. The molecule has 0 unspecified atom stereocenters. The molecule has 1 aromatic carbocycles. The maximum absolute atomic E-state index is 13.6. The van der Waals surface area contributed by atoms with Gasteiger partial charge in [0.2, 0.25) is 11.7 Å². The third kappa shape index (κ3) is 7.30. The van der Waals surface area contributed by atoms with Crippen molar-refractivity contribution in [3.8, 4) is 0 Å². The number of nitrogens with one attached hydrogen (secondary N) is 2. The van der Waals surface area contributed by atoms with E-state index < -0.39 is 35.5 Å². The third-order valence-electron chi connectivity index (χ3n) is 6.27. The standard InChI is InChI=1S/C26H37N3O5/c1-26(2,3)34-25(33)28-20(17-18-11-6-4-7-12-18)24(32)29-16-10-15-21(29)22(30)23(31)27-19-13-8-5-9-14-19/h4,6-7,11-12,19-21H,5,8-10,13-17H2,1-3H3,(H,27,31)(H,28,33)/t20-,21-/m0/s1. The predicted octanol–water partition coefficient (Wildman–Crippen LogP) is 3.13. The van der Waals surface area contributed by atoms with E-state index in [-0.39, 0.29) is 18.4 Å². The van der Waals surface area contributed by atoms with Crippen LogP contribution in [-0.4, -0.2) is 58.9 Å². The first-order valence-corrected chi connectivity index (χ1v) is 12.3. The van der Waals surface area contributed by atoms with Crippen LogP contribution in [0.1, 0.15) is 71.3 Å². The van der Waals surface area contributed by atoms with Crippen LogP contribution < -0.4 is 10.6 Å². The van der Waals surface area contributed by atoms with Crippen molar-refractivity contribution in [2.45, 2.75) is 95.9 Å². The molecule has 0 aromatic heterocycles. The average Bonchev–Trinajstić information content (AvgIpc) is 3.27. The van der Waals surface area contributed by atoms with Gasteiger partial charge < -0.3 is 20.3 Å². The molecule has 1 aliphatic carbocycles. The van der Waals surface area contributed by atoms with E-state index in [0.29, 0.717) is 19.4 Å². The highest BCUT2D eigenvalue weighted by Crippen LogP contribution is 2.22. The Kier molecular flexibility index (Phi) is 8.69. The Bertz CT molecular complexity index is 874. The molecule has 1 aliphatic heterocycles. The maximum atomic E-state index is 13.6. The zero-order valence-corrected chi connectivity index (χ0v) is 20.5. The molecule has 2 fully saturated rings. The molecule has 0 bridgehead atoms. The summed E-state index contributed by atoms with van der Waals surface area (Å²) in [6.07, 6.45) is 5.63. The molecular formula is C26H37N3O5. The summed E-state index contributed by atoms with van der Waals surface area (Å²) < 4.78 is 5.36. The highest BCUT2D eigenvalue weighted by Gasteiger charge is 2.40. The Labute approximate surface area is 201 Å². The number of rotatable bonds is 7. The van der Waals surface area contributed by atoms with E-state index in [1.54, 1.807) is 20.8 Å². The molecule has 2 N–H and O–H groups in total. The minimum absolute atomic E-state index is 0.0235. The summed E-state index contributed by atoms with van der Waals surface area (Å²) >= 11 is 0. The van der Waals surface area contributed by atoms with Gasteiger partial charge in [0.25, 0.3) is 5.91 Å². The molecule has 186 valence electrons. The smallest absolute Gasteiger partial charge is 0.408 e. The number of ether oxygens (including phenoxy) is 1. The summed E-state index contributed by atoms with van der Waals surface area (Å²) in [7, 11) is 0. The fraction of sp³-hybridized carbons (Fsp3) is 0.615. The van der Waals surface area contributed by atoms with E-state index in [1.807, 2.05) is 30.3 Å². The maximum Gasteiger partial charge on any atom is 0.408 e. The number of benzene rings is 1. The van der Waals surface area contributed by atoms with Crippen molar-refractivity contribution < 1.29 is 23.9 Å². The zero-order valence-electron chi connectivity index (χ0n) is 20.5. The third-order valence-corrected chi connectivity index (χ3v) is 6.27. The molecule has 2 atom stereocenters. The van der Waals surface area contributed by atoms with Gasteiger partial charge in [-0.05, 0) is 52.0 Å². The lowest BCUT2D eigenvalue weighted by atomic mass is 9.95. The van der Waals surface area contributed by atoms with Crippen molar-refractivity contribution in [3.63, 3.8) is 0 Å². The molecule has 1 heterocycles. The van der Waals surface area contributed by atoms with Gasteiger partial charge in [0.1, 0.15) is 17.7 Å². The Morgan fingerprint density at radius 3 is 2.32 bits per heavy atom. The predicted molar refractivity (Wildman–Crippen MR) is 128 cm³/mol. The van der Waals surface area contributed by atoms with Crippen LogP contribution >= 0.6 is 0 Å². The normalized spacial score (nSPS) is 19.9. The molecule has 34 heavy (non-hydrogen) atoms. The second kappa shape index (κ2) is 11.5. The van der Waals surface area contributed by atoms with Crippen LogP contribution in [0, 0.1) is 0 Å². The molecule has 1 aromatic rings. The molecule has 1 saturated carbocycles. The second-order valence-corrected chi connectivity index (χ2v) is 10.3. The number of likely N-dealkylation sites (tertiary alicyclic amines) is 1. The lowest BCUT2D eigenvalue weighted by Gasteiger charge is -2.30. The minimum Gasteiger partial charge on any atom is -0.444 e. The van der Waals surface area contributed by atoms with Crippen molar-refractivity contribution >= 4 is 23.7 Å². The van der Waals surface area contributed by atoms with Crippen molar-refractivity contribution in [1.29, 1.82) is 0 Å². The first kappa shape index (κ1) is 25.7. The summed E-state index contributed by atoms with van der Waals surface area (Å²) in [4.78, 5) is 53.2. The van der Waals surface area contributed by atoms with E-state index in [4.69, 9.17) is 4.74 Å². The van der Waals surface area contributed by atoms with Gasteiger partial charge in [0.15, 0.2) is 0 Å². The van der Waals surface area contributed by atoms with Crippen LogP contribution in [0.4, 0.5) is 4.79 Å². The lowest BCUT2D eigenvalue weighted by Crippen LogP contribution is -2.55. The van der Waals surface area contributed by atoms with Crippen LogP contribution in [0.2, 0.25) is 0 Å². The Morgan fingerprint density at radius 2 is 1.68 bits per heavy atom. The Hall–Kier alpha value is -2.90. The van der Waals surface area contributed by atoms with Gasteiger partial charge in [-0.25, -0.2) is 4.79 Å². The topological polar surface area (TPSA) is 105 Å². The number of carbonyl (C=O) groups excluding carboxylic acids is 4. The highest BCUT2D eigenvalue weighted by molar-refractivity contribution is 6.38. The van der Waals surface area contributed by atoms with Crippen molar-refractivity contribution in [2.24, 2.45) is 0 Å². The first-order chi connectivity index (χ1) is 16.1. The fourth-order valence-electron chi connectivity index (χ4n) is 4.66. The van der Waals surface area contributed by atoms with E-state index in [0.717, 1.165) is 37.7 Å². The molecule has 0 spiro atoms. The summed E-state index contributed by atoms with van der Waals surface area (Å²) in [6, 6.07) is 7.66. The van der Waals surface area contributed by atoms with Gasteiger partial charge in [0, 0.05) is 19.0 Å². The molecule has 0 radical (unpaired) electrons. The molecule has 1 saturated heterocycles. The van der Waals surface area contributed by atoms with E-state index in [1.165, 1.54) is 4.90 Å². The van der Waals surface area contributed by atoms with Crippen molar-refractivity contribution in [3.05, 3.63) is 35.9 Å². The summed E-state index contributed by atoms with van der Waals surface area (Å²) in [5.74, 6) is -1.57. The number of amides is 3. The molecule has 8 heteroatoms. The van der Waals surface area contributed by atoms with Gasteiger partial charge >= 0.3 is 6.09 Å². The van der Waals surface area contributed by atoms with Gasteiger partial charge in [0.05, 0.1) is 0 Å². The average molecular weight is 472 g/mol. The molecular weight excluding hydrogens is 434 g/mol. The summed E-state index contributed by atoms with van der Waals surface area (Å²) in [6.45, 7) is 5.62. The van der Waals surface area contributed by atoms with Crippen LogP contribution in [0.5, 0.6) is 0 Å². The SMILES string of the molecule is CC(C)(C)OC(=O)N[C@@H](Cc1ccccc1)C(=O)N1CCC[C@H]1C(=O)C(=O)NC1CCCCC1. The van der Waals surface area contributed by atoms with Gasteiger partial charge in [-0.2, -0.15) is 0 Å². The Morgan fingerprint density at radius 1 is 1.00 bits per heavy atom. The number of hydrogen-bond donors (Lipinski definition) is 2. The van der Waals surface area contributed by atoms with E-state index in [9.17, 15) is 19.2 Å². The van der Waals surface area contributed by atoms with E-state index in [2.05, 4.69) is 10.6 Å². The Balaban J connectivity index is 1.71.